The van der Waals surface area contributed by atoms with Gasteiger partial charge in [-0.15, -0.1) is 0 Å². The smallest absolute Gasteiger partial charge is 0.250 e. The van der Waals surface area contributed by atoms with E-state index in [2.05, 4.69) is 10.6 Å². The SMILES string of the molecule is CCOCc1nc2c(NC(=O)C(C)(C)NC(=O)COCCC(C)(C)OC(C)C)nc3ccccc3c2n1CC(C)(C)O. The van der Waals surface area contributed by atoms with Gasteiger partial charge in [0.1, 0.15) is 30.1 Å². The molecule has 2 amide bonds. The van der Waals surface area contributed by atoms with Crippen LogP contribution in [0.25, 0.3) is 21.9 Å². The number of para-hydroxylation sites is 1. The zero-order valence-electron chi connectivity index (χ0n) is 26.5. The zero-order valence-corrected chi connectivity index (χ0v) is 26.5. The minimum atomic E-state index is -1.27. The lowest BCUT2D eigenvalue weighted by Gasteiger charge is -2.28. The van der Waals surface area contributed by atoms with Crippen LogP contribution in [-0.2, 0) is 37.0 Å². The lowest BCUT2D eigenvalue weighted by atomic mass is 10.0. The first-order valence-corrected chi connectivity index (χ1v) is 14.5. The van der Waals surface area contributed by atoms with Gasteiger partial charge in [-0.2, -0.15) is 0 Å². The maximum atomic E-state index is 13.5. The molecule has 0 atom stereocenters. The number of imidazole rings is 1. The number of carbonyl (C=O) groups excluding carboxylic acids is 2. The minimum Gasteiger partial charge on any atom is -0.389 e. The van der Waals surface area contributed by atoms with Crippen LogP contribution in [0.1, 0.15) is 74.6 Å². The molecule has 42 heavy (non-hydrogen) atoms. The predicted octanol–water partition coefficient (Wildman–Crippen LogP) is 4.34. The number of ether oxygens (including phenoxy) is 3. The molecule has 0 aliphatic heterocycles. The molecule has 11 heteroatoms. The van der Waals surface area contributed by atoms with Gasteiger partial charge < -0.3 is 34.5 Å². The number of rotatable bonds is 15. The third-order valence-electron chi connectivity index (χ3n) is 6.53. The summed E-state index contributed by atoms with van der Waals surface area (Å²) in [5.74, 6) is -0.0150. The van der Waals surface area contributed by atoms with Gasteiger partial charge in [0.25, 0.3) is 5.91 Å². The molecule has 0 radical (unpaired) electrons. The van der Waals surface area contributed by atoms with Crippen LogP contribution in [0.4, 0.5) is 5.82 Å². The van der Waals surface area contributed by atoms with E-state index in [4.69, 9.17) is 24.2 Å². The monoisotopic (exact) mass is 585 g/mol. The van der Waals surface area contributed by atoms with Crippen molar-refractivity contribution in [1.29, 1.82) is 0 Å². The van der Waals surface area contributed by atoms with Gasteiger partial charge in [0, 0.05) is 18.6 Å². The predicted molar refractivity (Wildman–Crippen MR) is 163 cm³/mol. The summed E-state index contributed by atoms with van der Waals surface area (Å²) in [5, 5.41) is 17.2. The number of amides is 2. The van der Waals surface area contributed by atoms with Crippen molar-refractivity contribution in [2.24, 2.45) is 0 Å². The second-order valence-corrected chi connectivity index (χ2v) is 12.6. The van der Waals surface area contributed by atoms with E-state index < -0.39 is 23.0 Å². The fourth-order valence-corrected chi connectivity index (χ4v) is 4.72. The highest BCUT2D eigenvalue weighted by molar-refractivity contribution is 6.11. The number of aliphatic hydroxyl groups is 1. The maximum absolute atomic E-state index is 13.5. The van der Waals surface area contributed by atoms with Crippen molar-refractivity contribution in [3.63, 3.8) is 0 Å². The van der Waals surface area contributed by atoms with Crippen LogP contribution in [-0.4, -0.2) is 74.1 Å². The maximum Gasteiger partial charge on any atom is 0.250 e. The highest BCUT2D eigenvalue weighted by Crippen LogP contribution is 2.32. The van der Waals surface area contributed by atoms with Gasteiger partial charge in [-0.25, -0.2) is 9.97 Å². The minimum absolute atomic E-state index is 0.0903. The fourth-order valence-electron chi connectivity index (χ4n) is 4.72. The molecular weight excluding hydrogens is 538 g/mol. The Morgan fingerprint density at radius 1 is 1.05 bits per heavy atom. The average Bonchev–Trinajstić information content (AvgIpc) is 3.21. The summed E-state index contributed by atoms with van der Waals surface area (Å²) in [6.45, 7) is 17.6. The van der Waals surface area contributed by atoms with E-state index in [1.807, 2.05) is 63.5 Å². The van der Waals surface area contributed by atoms with E-state index in [1.165, 1.54) is 0 Å². The van der Waals surface area contributed by atoms with Gasteiger partial charge in [0.2, 0.25) is 5.91 Å². The van der Waals surface area contributed by atoms with E-state index in [0.29, 0.717) is 36.5 Å². The van der Waals surface area contributed by atoms with Crippen LogP contribution in [0.3, 0.4) is 0 Å². The van der Waals surface area contributed by atoms with Crippen molar-refractivity contribution >= 4 is 39.6 Å². The van der Waals surface area contributed by atoms with E-state index in [9.17, 15) is 14.7 Å². The summed E-state index contributed by atoms with van der Waals surface area (Å²) in [4.78, 5) is 35.7. The molecule has 2 aromatic heterocycles. The summed E-state index contributed by atoms with van der Waals surface area (Å²) >= 11 is 0. The number of hydrogen-bond acceptors (Lipinski definition) is 8. The summed E-state index contributed by atoms with van der Waals surface area (Å²) in [7, 11) is 0. The van der Waals surface area contributed by atoms with Gasteiger partial charge >= 0.3 is 0 Å². The number of nitrogens with one attached hydrogen (secondary N) is 2. The Morgan fingerprint density at radius 2 is 1.74 bits per heavy atom. The number of fused-ring (bicyclic) bond motifs is 3. The second-order valence-electron chi connectivity index (χ2n) is 12.6. The van der Waals surface area contributed by atoms with Crippen LogP contribution >= 0.6 is 0 Å². The largest absolute Gasteiger partial charge is 0.389 e. The molecule has 3 N–H and O–H groups in total. The second kappa shape index (κ2) is 13.5. The zero-order chi connectivity index (χ0) is 31.3. The van der Waals surface area contributed by atoms with Crippen molar-refractivity contribution in [3.8, 4) is 0 Å². The Balaban J connectivity index is 1.83. The van der Waals surface area contributed by atoms with Crippen LogP contribution < -0.4 is 10.6 Å². The molecule has 0 spiro atoms. The normalized spacial score (nSPS) is 12.8. The first-order valence-electron chi connectivity index (χ1n) is 14.5. The molecule has 0 bridgehead atoms. The van der Waals surface area contributed by atoms with Crippen LogP contribution in [0.5, 0.6) is 0 Å². The number of nitrogens with zero attached hydrogens (tertiary/aromatic N) is 3. The summed E-state index contributed by atoms with van der Waals surface area (Å²) in [5.41, 5.74) is -0.827. The highest BCUT2D eigenvalue weighted by Gasteiger charge is 2.32. The molecule has 0 unspecified atom stereocenters. The molecule has 0 fully saturated rings. The molecule has 3 rings (SSSR count). The van der Waals surface area contributed by atoms with E-state index in [1.54, 1.807) is 27.7 Å². The van der Waals surface area contributed by atoms with Gasteiger partial charge in [-0.05, 0) is 74.8 Å². The Bertz CT molecular complexity index is 1390. The quantitative estimate of drug-likeness (QED) is 0.224. The Morgan fingerprint density at radius 3 is 2.38 bits per heavy atom. The van der Waals surface area contributed by atoms with Crippen LogP contribution in [0.15, 0.2) is 24.3 Å². The van der Waals surface area contributed by atoms with E-state index >= 15 is 0 Å². The molecule has 0 aliphatic rings. The molecule has 1 aromatic carbocycles. The molecule has 3 aromatic rings. The first kappa shape index (κ1) is 33.4. The highest BCUT2D eigenvalue weighted by atomic mass is 16.5. The molecular formula is C31H47N5O6. The summed E-state index contributed by atoms with van der Waals surface area (Å²) in [6, 6.07) is 7.56. The first-order chi connectivity index (χ1) is 19.5. The summed E-state index contributed by atoms with van der Waals surface area (Å²) in [6.07, 6.45) is 0.713. The van der Waals surface area contributed by atoms with Crippen molar-refractivity contribution < 1.29 is 28.9 Å². The number of aromatic nitrogens is 3. The van der Waals surface area contributed by atoms with Crippen molar-refractivity contribution in [2.75, 3.05) is 25.1 Å². The number of benzene rings is 1. The number of carbonyl (C=O) groups is 2. The number of hydrogen-bond donors (Lipinski definition) is 3. The fraction of sp³-hybridized carbons (Fsp3) is 0.613. The molecule has 0 saturated heterocycles. The van der Waals surface area contributed by atoms with E-state index in [-0.39, 0.29) is 37.3 Å². The topological polar surface area (TPSA) is 137 Å². The van der Waals surface area contributed by atoms with Crippen LogP contribution in [0, 0.1) is 0 Å². The van der Waals surface area contributed by atoms with Gasteiger partial charge in [0.05, 0.1) is 34.9 Å². The number of anilines is 1. The Kier molecular flexibility index (Phi) is 10.7. The third-order valence-corrected chi connectivity index (χ3v) is 6.53. The van der Waals surface area contributed by atoms with Crippen molar-refractivity contribution in [2.45, 2.75) is 105 Å². The molecule has 0 aliphatic carbocycles. The summed E-state index contributed by atoms with van der Waals surface area (Å²) < 4.78 is 19.0. The van der Waals surface area contributed by atoms with Crippen molar-refractivity contribution in [1.82, 2.24) is 19.9 Å². The molecule has 11 nitrogen and oxygen atoms in total. The van der Waals surface area contributed by atoms with Gasteiger partial charge in [-0.1, -0.05) is 18.2 Å². The number of pyridine rings is 1. The molecule has 2 heterocycles. The Hall–Kier alpha value is -3.12. The van der Waals surface area contributed by atoms with Gasteiger partial charge in [-0.3, -0.25) is 9.59 Å². The van der Waals surface area contributed by atoms with Gasteiger partial charge in [0.15, 0.2) is 5.82 Å². The van der Waals surface area contributed by atoms with Crippen molar-refractivity contribution in [3.05, 3.63) is 30.1 Å². The lowest BCUT2D eigenvalue weighted by molar-refractivity contribution is -0.133. The third kappa shape index (κ3) is 8.94. The standard InChI is InChI=1S/C31H47N5O6/c1-10-40-17-23-33-25-26(36(23)19-29(4,5)39)21-13-11-12-14-22(21)32-27(25)34-28(38)31(8,9)35-24(37)18-41-16-15-30(6,7)42-20(2)3/h11-14,20,39H,10,15-19H2,1-9H3,(H,35,37)(H,32,34,38). The Labute approximate surface area is 248 Å². The molecule has 0 saturated carbocycles. The van der Waals surface area contributed by atoms with Crippen LogP contribution in [0.2, 0.25) is 0 Å². The van der Waals surface area contributed by atoms with E-state index in [0.717, 1.165) is 10.9 Å². The molecule has 232 valence electrons. The lowest BCUT2D eigenvalue weighted by Crippen LogP contribution is -2.53. The average molecular weight is 586 g/mol.